The van der Waals surface area contributed by atoms with E-state index >= 15 is 0 Å². The highest BCUT2D eigenvalue weighted by molar-refractivity contribution is 6.58. The van der Waals surface area contributed by atoms with Gasteiger partial charge in [0.25, 0.3) is 0 Å². The van der Waals surface area contributed by atoms with E-state index in [4.69, 9.17) is 4.74 Å². The van der Waals surface area contributed by atoms with Gasteiger partial charge in [0.1, 0.15) is 0 Å². The van der Waals surface area contributed by atoms with Crippen LogP contribution in [0.15, 0.2) is 12.1 Å². The second-order valence-electron chi connectivity index (χ2n) is 9.71. The normalized spacial score (nSPS) is 28.9. The molecule has 3 rings (SSSR count). The molecule has 164 valence electrons. The maximum atomic E-state index is 14.6. The predicted molar refractivity (Wildman–Crippen MR) is 121 cm³/mol. The molecule has 1 aliphatic heterocycles. The van der Waals surface area contributed by atoms with Crippen LogP contribution in [0.3, 0.4) is 0 Å². The lowest BCUT2D eigenvalue weighted by Gasteiger charge is -2.37. The number of rotatable bonds is 8. The van der Waals surface area contributed by atoms with Crippen LogP contribution in [0.5, 0.6) is 5.75 Å². The molecule has 1 heterocycles. The van der Waals surface area contributed by atoms with Crippen LogP contribution in [-0.2, 0) is 0 Å². The molecule has 1 aromatic carbocycles. The average molecular weight is 423 g/mol. The molecular weight excluding hydrogens is 382 g/mol. The Hall–Kier alpha value is -0.903. The van der Waals surface area contributed by atoms with Gasteiger partial charge < -0.3 is 4.74 Å². The van der Waals surface area contributed by atoms with Crippen molar-refractivity contribution < 1.29 is 13.5 Å². The molecule has 2 fully saturated rings. The molecule has 0 N–H and O–H groups in total. The molecule has 1 saturated carbocycles. The van der Waals surface area contributed by atoms with Crippen LogP contribution in [0.1, 0.15) is 90.0 Å². The third-order valence-corrected chi connectivity index (χ3v) is 11.2. The van der Waals surface area contributed by atoms with Crippen LogP contribution in [0, 0.1) is 23.5 Å². The summed E-state index contributed by atoms with van der Waals surface area (Å²) in [7, 11) is -0.407. The maximum absolute atomic E-state index is 14.6. The van der Waals surface area contributed by atoms with E-state index in [1.807, 2.05) is 13.8 Å². The van der Waals surface area contributed by atoms with Gasteiger partial charge in [-0.1, -0.05) is 57.7 Å². The summed E-state index contributed by atoms with van der Waals surface area (Å²) in [4.78, 5) is 0. The van der Waals surface area contributed by atoms with E-state index in [9.17, 15) is 8.78 Å². The lowest BCUT2D eigenvalue weighted by molar-refractivity contribution is 0.190. The van der Waals surface area contributed by atoms with Gasteiger partial charge in [0.05, 0.1) is 6.10 Å². The van der Waals surface area contributed by atoms with Crippen molar-refractivity contribution in [3.05, 3.63) is 29.3 Å². The molecule has 0 amide bonds. The highest BCUT2D eigenvalue weighted by atomic mass is 28.3. The summed E-state index contributed by atoms with van der Waals surface area (Å²) in [5, 5.41) is 0. The van der Waals surface area contributed by atoms with Crippen molar-refractivity contribution in [3.63, 3.8) is 0 Å². The van der Waals surface area contributed by atoms with Gasteiger partial charge >= 0.3 is 0 Å². The largest absolute Gasteiger partial charge is 0.485 e. The number of halogens is 2. The van der Waals surface area contributed by atoms with E-state index in [2.05, 4.69) is 6.92 Å². The monoisotopic (exact) mass is 422 g/mol. The van der Waals surface area contributed by atoms with Gasteiger partial charge in [0, 0.05) is 8.80 Å². The molecule has 1 aliphatic carbocycles. The molecule has 4 heteroatoms. The molecule has 29 heavy (non-hydrogen) atoms. The third-order valence-electron chi connectivity index (χ3n) is 7.53. The van der Waals surface area contributed by atoms with Gasteiger partial charge in [0.15, 0.2) is 17.4 Å². The standard InChI is InChI=1S/C25H40F2OSi/c1-4-6-18(3)28-25-23(26)16-22(17-24(25)27)20-9-7-19(8-10-20)21-11-14-29(13-5-2)15-12-21/h16-21,29H,4-15H2,1-3H3/t18-,19-,20-,21?,29?/m1/s1. The van der Waals surface area contributed by atoms with Gasteiger partial charge in [-0.05, 0) is 74.5 Å². The minimum absolute atomic E-state index is 0.166. The number of hydrogen-bond donors (Lipinski definition) is 0. The summed E-state index contributed by atoms with van der Waals surface area (Å²) in [6.07, 6.45) is 10.5. The van der Waals surface area contributed by atoms with Crippen molar-refractivity contribution in [2.24, 2.45) is 11.8 Å². The summed E-state index contributed by atoms with van der Waals surface area (Å²) >= 11 is 0. The smallest absolute Gasteiger partial charge is 0.191 e. The summed E-state index contributed by atoms with van der Waals surface area (Å²) in [5.41, 5.74) is 0.827. The molecule has 0 bridgehead atoms. The number of benzene rings is 1. The zero-order chi connectivity index (χ0) is 20.8. The predicted octanol–water partition coefficient (Wildman–Crippen LogP) is 7.85. The second kappa shape index (κ2) is 10.9. The van der Waals surface area contributed by atoms with Crippen LogP contribution in [-0.4, -0.2) is 14.9 Å². The third kappa shape index (κ3) is 6.05. The van der Waals surface area contributed by atoms with E-state index in [1.54, 1.807) is 12.1 Å². The Balaban J connectivity index is 1.54. The lowest BCUT2D eigenvalue weighted by atomic mass is 9.72. The molecule has 0 aromatic heterocycles. The van der Waals surface area contributed by atoms with Crippen molar-refractivity contribution in [3.8, 4) is 5.75 Å². The fraction of sp³-hybridized carbons (Fsp3) is 0.760. The molecule has 0 spiro atoms. The molecule has 1 nitrogen and oxygen atoms in total. The van der Waals surface area contributed by atoms with Crippen molar-refractivity contribution in [2.75, 3.05) is 0 Å². The van der Waals surface area contributed by atoms with Gasteiger partial charge in [0.2, 0.25) is 0 Å². The Morgan fingerprint density at radius 3 is 2.07 bits per heavy atom. The molecule has 0 unspecified atom stereocenters. The topological polar surface area (TPSA) is 9.23 Å². The summed E-state index contributed by atoms with van der Waals surface area (Å²) in [6.45, 7) is 6.25. The first-order valence-corrected chi connectivity index (χ1v) is 14.6. The van der Waals surface area contributed by atoms with Crippen LogP contribution >= 0.6 is 0 Å². The molecule has 0 radical (unpaired) electrons. The Morgan fingerprint density at radius 2 is 1.52 bits per heavy atom. The minimum Gasteiger partial charge on any atom is -0.485 e. The number of hydrogen-bond acceptors (Lipinski definition) is 1. The summed E-state index contributed by atoms with van der Waals surface area (Å²) in [6, 6.07) is 7.69. The zero-order valence-electron chi connectivity index (χ0n) is 18.7. The van der Waals surface area contributed by atoms with E-state index in [0.29, 0.717) is 5.92 Å². The van der Waals surface area contributed by atoms with E-state index in [-0.39, 0.29) is 11.9 Å². The van der Waals surface area contributed by atoms with E-state index in [1.165, 1.54) is 50.3 Å². The summed E-state index contributed by atoms with van der Waals surface area (Å²) in [5.74, 6) is 0.781. The van der Waals surface area contributed by atoms with Crippen LogP contribution in [0.2, 0.25) is 18.1 Å². The van der Waals surface area contributed by atoms with Gasteiger partial charge in [-0.25, -0.2) is 8.78 Å². The maximum Gasteiger partial charge on any atom is 0.191 e. The first kappa shape index (κ1) is 22.8. The quantitative estimate of drug-likeness (QED) is 0.387. The lowest BCUT2D eigenvalue weighted by Crippen LogP contribution is -2.28. The Morgan fingerprint density at radius 1 is 0.931 bits per heavy atom. The zero-order valence-corrected chi connectivity index (χ0v) is 19.8. The molecule has 1 atom stereocenters. The van der Waals surface area contributed by atoms with Crippen LogP contribution in [0.25, 0.3) is 0 Å². The highest BCUT2D eigenvalue weighted by Crippen LogP contribution is 2.44. The van der Waals surface area contributed by atoms with E-state index in [0.717, 1.165) is 43.1 Å². The SMILES string of the molecule is CCC[C@@H](C)Oc1c(F)cc([C@H]2CC[C@H](C3CC[SiH](CCC)CC3)CC2)cc1F. The fourth-order valence-corrected chi connectivity index (χ4v) is 9.36. The Labute approximate surface area is 178 Å². The van der Waals surface area contributed by atoms with Gasteiger partial charge in [-0.2, -0.15) is 0 Å². The first-order chi connectivity index (χ1) is 14.0. The van der Waals surface area contributed by atoms with Crippen molar-refractivity contribution in [1.82, 2.24) is 0 Å². The molecular formula is C25H40F2OSi. The summed E-state index contributed by atoms with van der Waals surface area (Å²) < 4.78 is 34.7. The molecule has 2 aliphatic rings. The van der Waals surface area contributed by atoms with Crippen LogP contribution in [0.4, 0.5) is 8.78 Å². The first-order valence-electron chi connectivity index (χ1n) is 12.2. The second-order valence-corrected chi connectivity index (χ2v) is 13.2. The van der Waals surface area contributed by atoms with Crippen molar-refractivity contribution in [1.29, 1.82) is 0 Å². The Kier molecular flexibility index (Phi) is 8.58. The van der Waals surface area contributed by atoms with Crippen LogP contribution < -0.4 is 4.74 Å². The highest BCUT2D eigenvalue weighted by Gasteiger charge is 2.32. The van der Waals surface area contributed by atoms with Crippen molar-refractivity contribution in [2.45, 2.75) is 109 Å². The van der Waals surface area contributed by atoms with Gasteiger partial charge in [-0.3, -0.25) is 0 Å². The average Bonchev–Trinajstić information content (AvgIpc) is 2.72. The molecule has 1 saturated heterocycles. The molecule has 1 aromatic rings. The van der Waals surface area contributed by atoms with Gasteiger partial charge in [-0.15, -0.1) is 0 Å². The Bertz CT molecular complexity index is 611. The fourth-order valence-electron chi connectivity index (χ4n) is 5.87. The van der Waals surface area contributed by atoms with Crippen molar-refractivity contribution >= 4 is 8.80 Å². The minimum atomic E-state index is -0.538. The van der Waals surface area contributed by atoms with E-state index < -0.39 is 20.4 Å². The number of ether oxygens (including phenoxy) is 1.